The van der Waals surface area contributed by atoms with E-state index < -0.39 is 0 Å². The van der Waals surface area contributed by atoms with Crippen molar-refractivity contribution in [2.24, 2.45) is 0 Å². The van der Waals surface area contributed by atoms with Gasteiger partial charge in [-0.05, 0) is 19.4 Å². The highest BCUT2D eigenvalue weighted by Crippen LogP contribution is 2.27. The first-order valence-corrected chi connectivity index (χ1v) is 5.45. The monoisotopic (exact) mass is 219 g/mol. The normalized spacial score (nSPS) is 26.1. The van der Waals surface area contributed by atoms with Gasteiger partial charge in [-0.3, -0.25) is 0 Å². The Kier molecular flexibility index (Phi) is 2.34. The van der Waals surface area contributed by atoms with Gasteiger partial charge in [0.05, 0.1) is 18.3 Å². The predicted octanol–water partition coefficient (Wildman–Crippen LogP) is 1.01. The number of aromatic nitrogens is 2. The summed E-state index contributed by atoms with van der Waals surface area (Å²) in [5.41, 5.74) is 1.45. The van der Waals surface area contributed by atoms with Gasteiger partial charge in [-0.25, -0.2) is 9.97 Å². The molecule has 1 aliphatic heterocycles. The highest BCUT2D eigenvalue weighted by atomic mass is 16.3. The zero-order valence-corrected chi connectivity index (χ0v) is 8.76. The van der Waals surface area contributed by atoms with Gasteiger partial charge in [0.2, 0.25) is 0 Å². The number of hydrogen-bond donors (Lipinski definition) is 2. The number of nitrogens with zero attached hydrogens (tertiary/aromatic N) is 2. The predicted molar refractivity (Wildman–Crippen MR) is 57.8 cm³/mol. The van der Waals surface area contributed by atoms with Crippen LogP contribution in [-0.2, 0) is 0 Å². The summed E-state index contributed by atoms with van der Waals surface area (Å²) in [6.07, 6.45) is 4.55. The van der Waals surface area contributed by atoms with Crippen molar-refractivity contribution in [1.29, 1.82) is 0 Å². The molecule has 84 valence electrons. The number of nitrogens with one attached hydrogen (secondary N) is 1. The van der Waals surface area contributed by atoms with Crippen LogP contribution in [0.5, 0.6) is 0 Å². The Morgan fingerprint density at radius 1 is 1.50 bits per heavy atom. The van der Waals surface area contributed by atoms with Gasteiger partial charge in [0.1, 0.15) is 17.6 Å². The molecule has 2 atom stereocenters. The second-order valence-electron chi connectivity index (χ2n) is 4.06. The van der Waals surface area contributed by atoms with Gasteiger partial charge >= 0.3 is 0 Å². The minimum atomic E-state index is -0.387. The average molecular weight is 219 g/mol. The van der Waals surface area contributed by atoms with Crippen molar-refractivity contribution in [3.8, 4) is 0 Å². The number of aliphatic hydroxyl groups excluding tert-OH is 1. The highest BCUT2D eigenvalue weighted by molar-refractivity contribution is 5.71. The van der Waals surface area contributed by atoms with E-state index in [9.17, 15) is 5.11 Å². The molecule has 0 bridgehead atoms. The van der Waals surface area contributed by atoms with Crippen LogP contribution in [0.2, 0.25) is 0 Å². The van der Waals surface area contributed by atoms with Crippen LogP contribution in [0.3, 0.4) is 0 Å². The molecule has 0 aliphatic carbocycles. The molecular weight excluding hydrogens is 206 g/mol. The van der Waals surface area contributed by atoms with E-state index in [1.54, 1.807) is 6.20 Å². The average Bonchev–Trinajstić information content (AvgIpc) is 2.73. The van der Waals surface area contributed by atoms with Gasteiger partial charge < -0.3 is 14.8 Å². The molecule has 1 fully saturated rings. The Balaban J connectivity index is 1.98. The third-order valence-electron chi connectivity index (χ3n) is 2.95. The number of aliphatic hydroxyl groups is 1. The molecule has 16 heavy (non-hydrogen) atoms. The zero-order chi connectivity index (χ0) is 11.0. The smallest absolute Gasteiger partial charge is 0.171 e. The minimum absolute atomic E-state index is 0.122. The Labute approximate surface area is 92.5 Å². The van der Waals surface area contributed by atoms with Gasteiger partial charge in [-0.15, -0.1) is 0 Å². The van der Waals surface area contributed by atoms with Crippen molar-refractivity contribution in [2.45, 2.75) is 25.0 Å². The van der Waals surface area contributed by atoms with E-state index >= 15 is 0 Å². The van der Waals surface area contributed by atoms with Crippen LogP contribution in [0.4, 0.5) is 0 Å². The van der Waals surface area contributed by atoms with E-state index in [-0.39, 0.29) is 12.1 Å². The maximum absolute atomic E-state index is 9.89. The lowest BCUT2D eigenvalue weighted by atomic mass is 9.99. The molecule has 3 heterocycles. The molecule has 2 unspecified atom stereocenters. The molecule has 0 saturated carbocycles. The fourth-order valence-electron chi connectivity index (χ4n) is 2.12. The van der Waals surface area contributed by atoms with Gasteiger partial charge in [0.15, 0.2) is 5.58 Å². The van der Waals surface area contributed by atoms with Gasteiger partial charge in [0.25, 0.3) is 0 Å². The Morgan fingerprint density at radius 3 is 3.25 bits per heavy atom. The maximum Gasteiger partial charge on any atom is 0.171 e. The summed E-state index contributed by atoms with van der Waals surface area (Å²) < 4.78 is 5.63. The van der Waals surface area contributed by atoms with Crippen molar-refractivity contribution in [3.05, 3.63) is 24.4 Å². The molecule has 0 radical (unpaired) electrons. The van der Waals surface area contributed by atoms with Crippen LogP contribution in [-0.4, -0.2) is 27.7 Å². The molecule has 5 heteroatoms. The molecule has 2 aromatic rings. The van der Waals surface area contributed by atoms with E-state index in [4.69, 9.17) is 4.42 Å². The zero-order valence-electron chi connectivity index (χ0n) is 8.76. The summed E-state index contributed by atoms with van der Waals surface area (Å²) in [6, 6.07) is 1.74. The molecule has 0 spiro atoms. The van der Waals surface area contributed by atoms with E-state index in [0.29, 0.717) is 5.58 Å². The Hall–Kier alpha value is -1.46. The van der Waals surface area contributed by atoms with Crippen molar-refractivity contribution in [1.82, 2.24) is 15.3 Å². The minimum Gasteiger partial charge on any atom is -0.456 e. The lowest BCUT2D eigenvalue weighted by Gasteiger charge is -2.27. The topological polar surface area (TPSA) is 71.2 Å². The van der Waals surface area contributed by atoms with E-state index in [0.717, 1.165) is 30.7 Å². The van der Waals surface area contributed by atoms with Gasteiger partial charge in [-0.2, -0.15) is 0 Å². The first-order chi connectivity index (χ1) is 7.84. The molecule has 2 N–H and O–H groups in total. The van der Waals surface area contributed by atoms with Gasteiger partial charge in [-0.1, -0.05) is 0 Å². The SMILES string of the molecule is OC1CCCNC1c1cc2ncncc2o1. The maximum atomic E-state index is 9.89. The summed E-state index contributed by atoms with van der Waals surface area (Å²) in [6.45, 7) is 0.907. The highest BCUT2D eigenvalue weighted by Gasteiger charge is 2.27. The van der Waals surface area contributed by atoms with E-state index in [1.165, 1.54) is 6.33 Å². The lowest BCUT2D eigenvalue weighted by Crippen LogP contribution is -2.37. The van der Waals surface area contributed by atoms with E-state index in [1.807, 2.05) is 6.07 Å². The second kappa shape index (κ2) is 3.84. The number of fused-ring (bicyclic) bond motifs is 1. The summed E-state index contributed by atoms with van der Waals surface area (Å²) in [5.74, 6) is 0.739. The van der Waals surface area contributed by atoms with Crippen LogP contribution in [0.1, 0.15) is 24.6 Å². The number of furan rings is 1. The standard InChI is InChI=1S/C11H13N3O2/c15-8-2-1-3-13-11(8)9-4-7-10(16-9)5-12-6-14-7/h4-6,8,11,13,15H,1-3H2. The summed E-state index contributed by atoms with van der Waals surface area (Å²) in [5, 5.41) is 13.1. The molecule has 3 rings (SSSR count). The Morgan fingerprint density at radius 2 is 2.44 bits per heavy atom. The van der Waals surface area contributed by atoms with Crippen LogP contribution in [0.25, 0.3) is 11.1 Å². The lowest BCUT2D eigenvalue weighted by molar-refractivity contribution is 0.0873. The second-order valence-corrected chi connectivity index (χ2v) is 4.06. The fourth-order valence-corrected chi connectivity index (χ4v) is 2.12. The van der Waals surface area contributed by atoms with Crippen molar-refractivity contribution >= 4 is 11.1 Å². The van der Waals surface area contributed by atoms with Gasteiger partial charge in [0, 0.05) is 6.07 Å². The summed E-state index contributed by atoms with van der Waals surface area (Å²) in [4.78, 5) is 8.01. The third kappa shape index (κ3) is 1.58. The van der Waals surface area contributed by atoms with Crippen LogP contribution < -0.4 is 5.32 Å². The molecule has 0 amide bonds. The largest absolute Gasteiger partial charge is 0.456 e. The number of hydrogen-bond acceptors (Lipinski definition) is 5. The first-order valence-electron chi connectivity index (χ1n) is 5.45. The summed E-state index contributed by atoms with van der Waals surface area (Å²) in [7, 11) is 0. The molecule has 1 saturated heterocycles. The van der Waals surface area contributed by atoms with Crippen molar-refractivity contribution in [3.63, 3.8) is 0 Å². The fraction of sp³-hybridized carbons (Fsp3) is 0.455. The Bertz CT molecular complexity index is 464. The molecule has 1 aliphatic rings. The third-order valence-corrected chi connectivity index (χ3v) is 2.95. The molecule has 2 aromatic heterocycles. The van der Waals surface area contributed by atoms with Crippen LogP contribution >= 0.6 is 0 Å². The molecule has 5 nitrogen and oxygen atoms in total. The van der Waals surface area contributed by atoms with Crippen LogP contribution in [0, 0.1) is 0 Å². The molecular formula is C11H13N3O2. The number of piperidine rings is 1. The van der Waals surface area contributed by atoms with E-state index in [2.05, 4.69) is 15.3 Å². The first kappa shape index (κ1) is 9.74. The van der Waals surface area contributed by atoms with Crippen molar-refractivity contribution in [2.75, 3.05) is 6.54 Å². The molecule has 0 aromatic carbocycles. The van der Waals surface area contributed by atoms with Crippen molar-refractivity contribution < 1.29 is 9.52 Å². The summed E-state index contributed by atoms with van der Waals surface area (Å²) >= 11 is 0. The van der Waals surface area contributed by atoms with Crippen LogP contribution in [0.15, 0.2) is 23.0 Å². The quantitative estimate of drug-likeness (QED) is 0.749. The number of rotatable bonds is 1.